The summed E-state index contributed by atoms with van der Waals surface area (Å²) in [6.45, 7) is 4.49. The summed E-state index contributed by atoms with van der Waals surface area (Å²) in [6, 6.07) is 16.0. The van der Waals surface area contributed by atoms with E-state index in [1.54, 1.807) is 19.2 Å². The molecule has 192 valence electrons. The molecular weight excluding hydrogens is 507 g/mol. The molecule has 0 spiro atoms. The van der Waals surface area contributed by atoms with Crippen molar-refractivity contribution in [3.05, 3.63) is 77.1 Å². The fraction of sp³-hybridized carbons (Fsp3) is 0.269. The predicted octanol–water partition coefficient (Wildman–Crippen LogP) is 6.75. The van der Waals surface area contributed by atoms with Gasteiger partial charge in [-0.25, -0.2) is 9.18 Å². The molecule has 3 aromatic carbocycles. The molecule has 3 aromatic rings. The molecule has 4 rings (SSSR count). The van der Waals surface area contributed by atoms with Gasteiger partial charge in [-0.3, -0.25) is 9.11 Å². The van der Waals surface area contributed by atoms with E-state index in [1.807, 2.05) is 49.1 Å². The molecule has 0 amide bonds. The molecule has 1 aliphatic heterocycles. The first-order valence-electron chi connectivity index (χ1n) is 11.3. The molecule has 1 atom stereocenters. The Labute approximate surface area is 216 Å². The highest BCUT2D eigenvalue weighted by atomic mass is 35.5. The largest absolute Gasteiger partial charge is 0.478 e. The Morgan fingerprint density at radius 1 is 1.17 bits per heavy atom. The zero-order valence-electron chi connectivity index (χ0n) is 20.1. The number of anilines is 2. The summed E-state index contributed by atoms with van der Waals surface area (Å²) in [5.74, 6) is -2.28. The van der Waals surface area contributed by atoms with E-state index in [4.69, 9.17) is 16.3 Å². The van der Waals surface area contributed by atoms with E-state index >= 15 is 0 Å². The third-order valence-electron chi connectivity index (χ3n) is 6.14. The Hall–Kier alpha value is -2.66. The van der Waals surface area contributed by atoms with Gasteiger partial charge in [0.25, 0.3) is 0 Å². The molecule has 0 radical (unpaired) electrons. The number of ether oxygens (including phenoxy) is 1. The van der Waals surface area contributed by atoms with Gasteiger partial charge in [0, 0.05) is 24.8 Å². The molecule has 0 bridgehead atoms. The van der Waals surface area contributed by atoms with Crippen molar-refractivity contribution < 1.29 is 28.1 Å². The number of halogens is 2. The molecule has 0 aliphatic carbocycles. The highest BCUT2D eigenvalue weighted by Crippen LogP contribution is 2.59. The van der Waals surface area contributed by atoms with Crippen LogP contribution in [0, 0.1) is 5.82 Å². The van der Waals surface area contributed by atoms with Crippen LogP contribution in [0.1, 0.15) is 24.2 Å². The lowest BCUT2D eigenvalue weighted by molar-refractivity contribution is 0.0494. The van der Waals surface area contributed by atoms with Crippen LogP contribution in [0.25, 0.3) is 11.1 Å². The van der Waals surface area contributed by atoms with Crippen molar-refractivity contribution in [1.29, 1.82) is 0 Å². The van der Waals surface area contributed by atoms with Gasteiger partial charge < -0.3 is 14.7 Å². The van der Waals surface area contributed by atoms with Crippen LogP contribution in [-0.2, 0) is 4.74 Å². The molecule has 0 fully saturated rings. The molecule has 36 heavy (non-hydrogen) atoms. The third kappa shape index (κ3) is 5.08. The van der Waals surface area contributed by atoms with Gasteiger partial charge in [-0.15, -0.1) is 10.8 Å². The average molecular weight is 535 g/mol. The zero-order valence-corrected chi connectivity index (χ0v) is 21.6. The van der Waals surface area contributed by atoms with Crippen LogP contribution >= 0.6 is 22.4 Å². The Bertz CT molecular complexity index is 1270. The van der Waals surface area contributed by atoms with E-state index in [0.717, 1.165) is 11.8 Å². The summed E-state index contributed by atoms with van der Waals surface area (Å²) in [6.07, 6.45) is -0.0426. The maximum atomic E-state index is 14.0. The van der Waals surface area contributed by atoms with Gasteiger partial charge >= 0.3 is 5.97 Å². The summed E-state index contributed by atoms with van der Waals surface area (Å²) in [5, 5.41) is 9.62. The highest BCUT2D eigenvalue weighted by Gasteiger charge is 2.38. The van der Waals surface area contributed by atoms with Gasteiger partial charge in [0.05, 0.1) is 39.9 Å². The maximum absolute atomic E-state index is 14.0. The fourth-order valence-corrected chi connectivity index (χ4v) is 6.00. The second kappa shape index (κ2) is 10.4. The number of nitrogens with zero attached hydrogens (tertiary/aromatic N) is 2. The summed E-state index contributed by atoms with van der Waals surface area (Å²) in [5.41, 5.74) is 1.54. The highest BCUT2D eigenvalue weighted by molar-refractivity contribution is 8.22. The SMILES string of the molecule is CC(C)OCC1CN(c2ccccc2)c2cc(Cl)c(-c3ccc(F)c(C(=O)O)c3)cc2S(O)(O)N1C. The van der Waals surface area contributed by atoms with E-state index in [0.29, 0.717) is 23.4 Å². The molecule has 3 N–H and O–H groups in total. The van der Waals surface area contributed by atoms with Gasteiger partial charge in [-0.05, 0) is 55.8 Å². The fourth-order valence-electron chi connectivity index (χ4n) is 4.15. The van der Waals surface area contributed by atoms with Gasteiger partial charge in [-0.2, -0.15) is 4.31 Å². The Morgan fingerprint density at radius 2 is 1.86 bits per heavy atom. The van der Waals surface area contributed by atoms with Gasteiger partial charge in [0.15, 0.2) is 0 Å². The topological polar surface area (TPSA) is 93.5 Å². The summed E-state index contributed by atoms with van der Waals surface area (Å²) in [7, 11) is -1.88. The lowest BCUT2D eigenvalue weighted by Gasteiger charge is -2.43. The van der Waals surface area contributed by atoms with Crippen LogP contribution in [-0.4, -0.2) is 56.8 Å². The molecule has 1 aliphatic rings. The van der Waals surface area contributed by atoms with Crippen LogP contribution in [0.5, 0.6) is 0 Å². The summed E-state index contributed by atoms with van der Waals surface area (Å²) < 4.78 is 44.4. The number of rotatable bonds is 6. The van der Waals surface area contributed by atoms with E-state index in [-0.39, 0.29) is 28.7 Å². The van der Waals surface area contributed by atoms with Gasteiger partial charge in [0.1, 0.15) is 5.82 Å². The van der Waals surface area contributed by atoms with Crippen molar-refractivity contribution in [3.8, 4) is 11.1 Å². The first-order chi connectivity index (χ1) is 17.0. The minimum absolute atomic E-state index is 0.0426. The van der Waals surface area contributed by atoms with Crippen molar-refractivity contribution in [3.63, 3.8) is 0 Å². The second-order valence-corrected chi connectivity index (χ2v) is 11.3. The number of para-hydroxylation sites is 1. The number of carboxylic acid groups (broad SMARTS) is 1. The lowest BCUT2D eigenvalue weighted by atomic mass is 10.0. The third-order valence-corrected chi connectivity index (χ3v) is 8.47. The number of hydrogen-bond donors (Lipinski definition) is 3. The van der Waals surface area contributed by atoms with Crippen LogP contribution < -0.4 is 4.90 Å². The normalized spacial score (nSPS) is 18.6. The monoisotopic (exact) mass is 534 g/mol. The Kier molecular flexibility index (Phi) is 7.61. The lowest BCUT2D eigenvalue weighted by Crippen LogP contribution is -2.42. The van der Waals surface area contributed by atoms with Crippen LogP contribution in [0.3, 0.4) is 0 Å². The van der Waals surface area contributed by atoms with E-state index in [2.05, 4.69) is 0 Å². The van der Waals surface area contributed by atoms with Crippen molar-refractivity contribution >= 4 is 39.7 Å². The van der Waals surface area contributed by atoms with Gasteiger partial charge in [0.2, 0.25) is 0 Å². The second-order valence-electron chi connectivity index (χ2n) is 8.85. The molecular formula is C26H28ClFN2O5S. The van der Waals surface area contributed by atoms with E-state index < -0.39 is 28.1 Å². The smallest absolute Gasteiger partial charge is 0.338 e. The average Bonchev–Trinajstić information content (AvgIpc) is 2.91. The number of carboxylic acids is 1. The molecule has 10 heteroatoms. The first kappa shape index (κ1) is 26.4. The summed E-state index contributed by atoms with van der Waals surface area (Å²) >= 11 is 6.68. The standard InChI is InChI=1S/C26H28ClFN2O5S/c1-16(2)35-15-19-14-30(18-7-5-4-6-8-18)24-13-22(27)20(12-25(24)36(33,34)29(19)3)17-9-10-23(28)21(11-17)26(31)32/h4-13,16,19,33-34H,14-15H2,1-3H3,(H,31,32). The van der Waals surface area contributed by atoms with E-state index in [9.17, 15) is 23.4 Å². The van der Waals surface area contributed by atoms with Crippen molar-refractivity contribution in [1.82, 2.24) is 4.31 Å². The first-order valence-corrected chi connectivity index (χ1v) is 13.2. The Balaban J connectivity index is 1.91. The van der Waals surface area contributed by atoms with Crippen LogP contribution in [0.2, 0.25) is 5.02 Å². The zero-order chi connectivity index (χ0) is 26.2. The van der Waals surface area contributed by atoms with Crippen molar-refractivity contribution in [2.75, 3.05) is 25.1 Å². The number of aromatic carboxylic acids is 1. The van der Waals surface area contributed by atoms with E-state index in [1.165, 1.54) is 16.4 Å². The Morgan fingerprint density at radius 3 is 2.50 bits per heavy atom. The number of hydrogen-bond acceptors (Lipinski definition) is 6. The van der Waals surface area contributed by atoms with Crippen molar-refractivity contribution in [2.24, 2.45) is 0 Å². The molecule has 0 saturated carbocycles. The number of fused-ring (bicyclic) bond motifs is 1. The predicted molar refractivity (Wildman–Crippen MR) is 141 cm³/mol. The molecule has 1 unspecified atom stereocenters. The molecule has 7 nitrogen and oxygen atoms in total. The van der Waals surface area contributed by atoms with Crippen LogP contribution in [0.15, 0.2) is 65.6 Å². The summed E-state index contributed by atoms with van der Waals surface area (Å²) in [4.78, 5) is 13.7. The van der Waals surface area contributed by atoms with Crippen LogP contribution in [0.4, 0.5) is 15.8 Å². The number of likely N-dealkylation sites (N-methyl/N-ethyl adjacent to an activating group) is 1. The van der Waals surface area contributed by atoms with Gasteiger partial charge in [-0.1, -0.05) is 35.9 Å². The minimum atomic E-state index is -3.51. The van der Waals surface area contributed by atoms with Crippen molar-refractivity contribution in [2.45, 2.75) is 30.9 Å². The molecule has 0 saturated heterocycles. The molecule has 1 heterocycles. The quantitative estimate of drug-likeness (QED) is 0.322. The molecule has 0 aromatic heterocycles. The number of carbonyl (C=O) groups is 1. The minimum Gasteiger partial charge on any atom is -0.478 e. The number of benzene rings is 3. The maximum Gasteiger partial charge on any atom is 0.338 e.